The summed E-state index contributed by atoms with van der Waals surface area (Å²) in [7, 11) is -1.87. The third-order valence-corrected chi connectivity index (χ3v) is 7.53. The molecule has 7 nitrogen and oxygen atoms in total. The van der Waals surface area contributed by atoms with E-state index in [-0.39, 0.29) is 29.4 Å². The van der Waals surface area contributed by atoms with Crippen LogP contribution in [0.15, 0.2) is 53.6 Å². The molecule has 162 valence electrons. The van der Waals surface area contributed by atoms with Crippen molar-refractivity contribution >= 4 is 21.6 Å². The fourth-order valence-corrected chi connectivity index (χ4v) is 5.12. The Bertz CT molecular complexity index is 927. The molecule has 1 aromatic heterocycles. The Hall–Kier alpha value is -2.29. The monoisotopic (exact) mass is 430 g/mol. The highest BCUT2D eigenvalue weighted by atomic mass is 32.2. The van der Waals surface area contributed by atoms with E-state index in [4.69, 9.17) is 0 Å². The Balaban J connectivity index is 1.55. The lowest BCUT2D eigenvalue weighted by Gasteiger charge is -2.30. The van der Waals surface area contributed by atoms with Crippen LogP contribution in [0.3, 0.4) is 0 Å². The van der Waals surface area contributed by atoms with Crippen LogP contribution < -0.4 is 10.6 Å². The van der Waals surface area contributed by atoms with Crippen molar-refractivity contribution in [2.24, 2.45) is 0 Å². The molecule has 8 heteroatoms. The van der Waals surface area contributed by atoms with E-state index < -0.39 is 10.0 Å². The molecule has 0 aliphatic heterocycles. The van der Waals surface area contributed by atoms with Crippen molar-refractivity contribution < 1.29 is 13.2 Å². The number of nitrogens with one attached hydrogen (secondary N) is 2. The van der Waals surface area contributed by atoms with Crippen molar-refractivity contribution in [1.82, 2.24) is 14.6 Å². The van der Waals surface area contributed by atoms with Gasteiger partial charge in [0.2, 0.25) is 15.9 Å². The van der Waals surface area contributed by atoms with Gasteiger partial charge in [-0.1, -0.05) is 25.3 Å². The van der Waals surface area contributed by atoms with E-state index in [9.17, 15) is 13.2 Å². The van der Waals surface area contributed by atoms with Crippen LogP contribution in [0.25, 0.3) is 0 Å². The minimum absolute atomic E-state index is 0.0557. The summed E-state index contributed by atoms with van der Waals surface area (Å²) in [6.07, 6.45) is 6.86. The van der Waals surface area contributed by atoms with Crippen molar-refractivity contribution in [1.29, 1.82) is 0 Å². The number of sulfonamides is 1. The molecule has 1 aliphatic carbocycles. The third kappa shape index (κ3) is 5.65. The summed E-state index contributed by atoms with van der Waals surface area (Å²) >= 11 is 0. The highest BCUT2D eigenvalue weighted by Gasteiger charge is 2.28. The van der Waals surface area contributed by atoms with E-state index >= 15 is 0 Å². The van der Waals surface area contributed by atoms with Crippen molar-refractivity contribution in [3.8, 4) is 0 Å². The van der Waals surface area contributed by atoms with Gasteiger partial charge in [-0.25, -0.2) is 8.42 Å². The standard InChI is InChI=1S/C22H30N4O3S/c1-17(21-10-6-7-15-23-21)24-16-22(27)25-18-11-13-20(14-12-18)30(28,29)26(2)19-8-4-3-5-9-19/h6-7,10-15,17,19,24H,3-5,8-9,16H2,1-2H3,(H,25,27). The second-order valence-electron chi connectivity index (χ2n) is 7.74. The summed E-state index contributed by atoms with van der Waals surface area (Å²) in [5.41, 5.74) is 1.42. The molecule has 3 rings (SSSR count). The first-order valence-corrected chi connectivity index (χ1v) is 11.8. The van der Waals surface area contributed by atoms with Gasteiger partial charge >= 0.3 is 0 Å². The second kappa shape index (κ2) is 10.1. The van der Waals surface area contributed by atoms with Gasteiger partial charge in [-0.2, -0.15) is 4.31 Å². The molecule has 1 atom stereocenters. The lowest BCUT2D eigenvalue weighted by atomic mass is 9.96. The van der Waals surface area contributed by atoms with E-state index in [1.165, 1.54) is 10.7 Å². The Morgan fingerprint density at radius 3 is 2.47 bits per heavy atom. The summed E-state index contributed by atoms with van der Waals surface area (Å²) in [6.45, 7) is 2.07. The molecule has 1 amide bonds. The number of nitrogens with zero attached hydrogens (tertiary/aromatic N) is 2. The Labute approximate surface area is 178 Å². The number of hydrogen-bond donors (Lipinski definition) is 2. The molecule has 1 heterocycles. The predicted octanol–water partition coefficient (Wildman–Crippen LogP) is 3.32. The summed E-state index contributed by atoms with van der Waals surface area (Å²) in [4.78, 5) is 16.7. The maximum Gasteiger partial charge on any atom is 0.243 e. The van der Waals surface area contributed by atoms with Gasteiger partial charge in [0.15, 0.2) is 0 Å². The van der Waals surface area contributed by atoms with Gasteiger partial charge in [0.1, 0.15) is 0 Å². The summed E-state index contributed by atoms with van der Waals surface area (Å²) in [5, 5.41) is 5.92. The van der Waals surface area contributed by atoms with Crippen molar-refractivity contribution in [3.63, 3.8) is 0 Å². The highest BCUT2D eigenvalue weighted by Crippen LogP contribution is 2.27. The number of hydrogen-bond acceptors (Lipinski definition) is 5. The lowest BCUT2D eigenvalue weighted by molar-refractivity contribution is -0.115. The van der Waals surface area contributed by atoms with Gasteiger partial charge < -0.3 is 10.6 Å². The molecule has 1 aliphatic rings. The summed E-state index contributed by atoms with van der Waals surface area (Å²) in [5.74, 6) is -0.201. The number of benzene rings is 1. The van der Waals surface area contributed by atoms with Crippen molar-refractivity contribution in [2.45, 2.75) is 56.0 Å². The van der Waals surface area contributed by atoms with Gasteiger partial charge in [-0.05, 0) is 56.2 Å². The maximum absolute atomic E-state index is 12.9. The smallest absolute Gasteiger partial charge is 0.243 e. The Morgan fingerprint density at radius 2 is 1.83 bits per heavy atom. The van der Waals surface area contributed by atoms with Gasteiger partial charge in [0, 0.05) is 31.0 Å². The topological polar surface area (TPSA) is 91.4 Å². The normalized spacial score (nSPS) is 16.4. The molecule has 1 saturated carbocycles. The third-order valence-electron chi connectivity index (χ3n) is 5.60. The SMILES string of the molecule is CC(NCC(=O)Nc1ccc(S(=O)(=O)N(C)C2CCCCC2)cc1)c1ccccn1. The lowest BCUT2D eigenvalue weighted by Crippen LogP contribution is -2.38. The summed E-state index contributed by atoms with van der Waals surface area (Å²) < 4.78 is 27.3. The first-order chi connectivity index (χ1) is 14.4. The first-order valence-electron chi connectivity index (χ1n) is 10.4. The minimum atomic E-state index is -3.53. The average molecular weight is 431 g/mol. The maximum atomic E-state index is 12.9. The van der Waals surface area contributed by atoms with E-state index in [1.54, 1.807) is 37.5 Å². The highest BCUT2D eigenvalue weighted by molar-refractivity contribution is 7.89. The molecular formula is C22H30N4O3S. The largest absolute Gasteiger partial charge is 0.325 e. The molecule has 0 bridgehead atoms. The van der Waals surface area contributed by atoms with E-state index in [2.05, 4.69) is 15.6 Å². The molecule has 1 unspecified atom stereocenters. The number of rotatable bonds is 8. The Morgan fingerprint density at radius 1 is 1.13 bits per heavy atom. The zero-order valence-electron chi connectivity index (χ0n) is 17.5. The number of aromatic nitrogens is 1. The molecule has 0 saturated heterocycles. The van der Waals surface area contributed by atoms with Crippen LogP contribution in [0.4, 0.5) is 5.69 Å². The van der Waals surface area contributed by atoms with Crippen LogP contribution >= 0.6 is 0 Å². The average Bonchev–Trinajstić information content (AvgIpc) is 2.78. The molecular weight excluding hydrogens is 400 g/mol. The van der Waals surface area contributed by atoms with E-state index in [0.717, 1.165) is 31.4 Å². The quantitative estimate of drug-likeness (QED) is 0.670. The molecule has 2 aromatic rings. The number of carbonyl (C=O) groups excluding carboxylic acids is 1. The number of amides is 1. The van der Waals surface area contributed by atoms with Gasteiger partial charge in [0.25, 0.3) is 0 Å². The van der Waals surface area contributed by atoms with Gasteiger partial charge in [-0.3, -0.25) is 9.78 Å². The van der Waals surface area contributed by atoms with Crippen LogP contribution in [0.5, 0.6) is 0 Å². The Kier molecular flexibility index (Phi) is 7.58. The van der Waals surface area contributed by atoms with Crippen LogP contribution in [-0.2, 0) is 14.8 Å². The predicted molar refractivity (Wildman–Crippen MR) is 118 cm³/mol. The van der Waals surface area contributed by atoms with Crippen LogP contribution in [0.2, 0.25) is 0 Å². The van der Waals surface area contributed by atoms with Crippen molar-refractivity contribution in [3.05, 3.63) is 54.4 Å². The molecule has 2 N–H and O–H groups in total. The molecule has 0 radical (unpaired) electrons. The fourth-order valence-electron chi connectivity index (χ4n) is 3.71. The van der Waals surface area contributed by atoms with E-state index in [1.807, 2.05) is 25.1 Å². The van der Waals surface area contributed by atoms with Crippen LogP contribution in [0.1, 0.15) is 50.8 Å². The second-order valence-corrected chi connectivity index (χ2v) is 9.74. The zero-order valence-corrected chi connectivity index (χ0v) is 18.4. The number of anilines is 1. The minimum Gasteiger partial charge on any atom is -0.325 e. The number of carbonyl (C=O) groups is 1. The molecule has 1 fully saturated rings. The molecule has 30 heavy (non-hydrogen) atoms. The zero-order chi connectivity index (χ0) is 21.6. The number of pyridine rings is 1. The van der Waals surface area contributed by atoms with Gasteiger partial charge in [-0.15, -0.1) is 0 Å². The van der Waals surface area contributed by atoms with Gasteiger partial charge in [0.05, 0.1) is 17.1 Å². The van der Waals surface area contributed by atoms with Crippen LogP contribution in [-0.4, -0.2) is 43.2 Å². The molecule has 1 aromatic carbocycles. The summed E-state index contributed by atoms with van der Waals surface area (Å²) in [6, 6.07) is 12.0. The van der Waals surface area contributed by atoms with Crippen LogP contribution in [0, 0.1) is 0 Å². The fraction of sp³-hybridized carbons (Fsp3) is 0.455. The first kappa shape index (κ1) is 22.4. The van der Waals surface area contributed by atoms with E-state index in [0.29, 0.717) is 5.69 Å². The molecule has 0 spiro atoms. The van der Waals surface area contributed by atoms with Crippen molar-refractivity contribution in [2.75, 3.05) is 18.9 Å².